The summed E-state index contributed by atoms with van der Waals surface area (Å²) >= 11 is 12.0. The van der Waals surface area contributed by atoms with Crippen LogP contribution in [-0.2, 0) is 9.53 Å². The Bertz CT molecular complexity index is 749. The molecule has 160 valence electrons. The van der Waals surface area contributed by atoms with Gasteiger partial charge in [0.2, 0.25) is 5.91 Å². The lowest BCUT2D eigenvalue weighted by Gasteiger charge is -2.36. The number of amides is 3. The molecule has 0 spiro atoms. The normalized spacial score (nSPS) is 15.2. The van der Waals surface area contributed by atoms with Crippen molar-refractivity contribution in [1.82, 2.24) is 15.1 Å². The summed E-state index contributed by atoms with van der Waals surface area (Å²) in [4.78, 5) is 40.8. The van der Waals surface area contributed by atoms with E-state index in [1.165, 1.54) is 12.1 Å². The average Bonchev–Trinajstić information content (AvgIpc) is 2.66. The first kappa shape index (κ1) is 23.3. The number of hydrogen-bond donors (Lipinski definition) is 1. The van der Waals surface area contributed by atoms with Crippen LogP contribution in [0.4, 0.5) is 4.79 Å². The van der Waals surface area contributed by atoms with E-state index in [1.807, 2.05) is 13.8 Å². The van der Waals surface area contributed by atoms with Gasteiger partial charge in [-0.3, -0.25) is 9.59 Å². The molecular formula is C20H27Cl2N3O4. The molecule has 1 aliphatic heterocycles. The van der Waals surface area contributed by atoms with Crippen molar-refractivity contribution in [3.63, 3.8) is 0 Å². The zero-order chi connectivity index (χ0) is 21.6. The van der Waals surface area contributed by atoms with E-state index in [4.69, 9.17) is 27.9 Å². The van der Waals surface area contributed by atoms with Crippen LogP contribution in [0.3, 0.4) is 0 Å². The van der Waals surface area contributed by atoms with Crippen molar-refractivity contribution in [3.8, 4) is 0 Å². The summed E-state index contributed by atoms with van der Waals surface area (Å²) in [6.07, 6.45) is 0.123. The largest absolute Gasteiger partial charge is 0.450 e. The van der Waals surface area contributed by atoms with E-state index in [0.29, 0.717) is 44.2 Å². The molecular weight excluding hydrogens is 417 g/mol. The van der Waals surface area contributed by atoms with Crippen molar-refractivity contribution in [2.75, 3.05) is 32.8 Å². The summed E-state index contributed by atoms with van der Waals surface area (Å²) < 4.78 is 5.00. The molecule has 2 rings (SSSR count). The molecule has 3 amide bonds. The molecule has 1 atom stereocenters. The van der Waals surface area contributed by atoms with Crippen LogP contribution in [-0.4, -0.2) is 66.5 Å². The van der Waals surface area contributed by atoms with Crippen molar-refractivity contribution in [1.29, 1.82) is 0 Å². The average molecular weight is 444 g/mol. The van der Waals surface area contributed by atoms with E-state index in [1.54, 1.807) is 22.8 Å². The predicted octanol–water partition coefficient (Wildman–Crippen LogP) is 3.44. The first-order chi connectivity index (χ1) is 13.7. The van der Waals surface area contributed by atoms with Gasteiger partial charge in [0.1, 0.15) is 6.04 Å². The third-order valence-corrected chi connectivity index (χ3v) is 5.15. The number of ether oxygens (including phenoxy) is 1. The molecule has 1 saturated heterocycles. The summed E-state index contributed by atoms with van der Waals surface area (Å²) in [7, 11) is 0. The molecule has 9 heteroatoms. The second-order valence-electron chi connectivity index (χ2n) is 7.29. The predicted molar refractivity (Wildman–Crippen MR) is 112 cm³/mol. The topological polar surface area (TPSA) is 79.0 Å². The summed E-state index contributed by atoms with van der Waals surface area (Å²) in [5, 5.41) is 3.48. The van der Waals surface area contributed by atoms with E-state index in [0.717, 1.165) is 0 Å². The van der Waals surface area contributed by atoms with Gasteiger partial charge in [0.05, 0.1) is 17.2 Å². The van der Waals surface area contributed by atoms with Crippen LogP contribution in [0.25, 0.3) is 0 Å². The minimum atomic E-state index is -0.677. The Kier molecular flexibility index (Phi) is 8.59. The standard InChI is InChI=1S/C20H27Cl2N3O4/c1-4-29-20(28)25-9-7-24(8-10-25)19(27)17(11-13(2)3)23-18(26)15-6-5-14(21)12-16(15)22/h5-6,12-13,17H,4,7-11H2,1-3H3,(H,23,26). The minimum Gasteiger partial charge on any atom is -0.450 e. The summed E-state index contributed by atoms with van der Waals surface area (Å²) in [5.41, 5.74) is 0.268. The van der Waals surface area contributed by atoms with E-state index >= 15 is 0 Å². The molecule has 1 unspecified atom stereocenters. The van der Waals surface area contributed by atoms with Crippen molar-refractivity contribution in [2.24, 2.45) is 5.92 Å². The Hall–Kier alpha value is -1.99. The van der Waals surface area contributed by atoms with Crippen molar-refractivity contribution < 1.29 is 19.1 Å². The van der Waals surface area contributed by atoms with Gasteiger partial charge < -0.3 is 19.9 Å². The maximum atomic E-state index is 13.1. The maximum Gasteiger partial charge on any atom is 0.409 e. The fourth-order valence-corrected chi connectivity index (χ4v) is 3.64. The number of rotatable bonds is 6. The molecule has 0 bridgehead atoms. The van der Waals surface area contributed by atoms with Crippen molar-refractivity contribution >= 4 is 41.1 Å². The highest BCUT2D eigenvalue weighted by Crippen LogP contribution is 2.21. The van der Waals surface area contributed by atoms with E-state index in [-0.39, 0.29) is 28.5 Å². The van der Waals surface area contributed by atoms with Crippen LogP contribution >= 0.6 is 23.2 Å². The van der Waals surface area contributed by atoms with Crippen LogP contribution in [0.15, 0.2) is 18.2 Å². The fourth-order valence-electron chi connectivity index (χ4n) is 3.15. The van der Waals surface area contributed by atoms with E-state index < -0.39 is 11.9 Å². The minimum absolute atomic E-state index is 0.166. The first-order valence-electron chi connectivity index (χ1n) is 9.69. The Labute approximate surface area is 181 Å². The summed E-state index contributed by atoms with van der Waals surface area (Å²) in [6, 6.07) is 3.93. The summed E-state index contributed by atoms with van der Waals surface area (Å²) in [5.74, 6) is -0.387. The molecule has 1 aliphatic rings. The first-order valence-corrected chi connectivity index (χ1v) is 10.4. The molecule has 1 heterocycles. The number of carbonyl (C=O) groups is 3. The second-order valence-corrected chi connectivity index (χ2v) is 8.13. The SMILES string of the molecule is CCOC(=O)N1CCN(C(=O)C(CC(C)C)NC(=O)c2ccc(Cl)cc2Cl)CC1. The molecule has 1 aromatic carbocycles. The highest BCUT2D eigenvalue weighted by Gasteiger charge is 2.31. The van der Waals surface area contributed by atoms with Gasteiger partial charge in [-0.05, 0) is 37.5 Å². The lowest BCUT2D eigenvalue weighted by atomic mass is 10.0. The second kappa shape index (κ2) is 10.7. The number of carbonyl (C=O) groups excluding carboxylic acids is 3. The number of nitrogens with zero attached hydrogens (tertiary/aromatic N) is 2. The molecule has 0 radical (unpaired) electrons. The maximum absolute atomic E-state index is 13.1. The Balaban J connectivity index is 2.05. The van der Waals surface area contributed by atoms with Crippen LogP contribution in [0.2, 0.25) is 10.0 Å². The molecule has 7 nitrogen and oxygen atoms in total. The highest BCUT2D eigenvalue weighted by molar-refractivity contribution is 6.36. The van der Waals surface area contributed by atoms with Gasteiger partial charge in [0.25, 0.3) is 5.91 Å². The molecule has 29 heavy (non-hydrogen) atoms. The third kappa shape index (κ3) is 6.51. The van der Waals surface area contributed by atoms with Gasteiger partial charge in [0.15, 0.2) is 0 Å². The number of nitrogens with one attached hydrogen (secondary N) is 1. The number of hydrogen-bond acceptors (Lipinski definition) is 4. The van der Waals surface area contributed by atoms with E-state index in [2.05, 4.69) is 5.32 Å². The Morgan fingerprint density at radius 2 is 1.72 bits per heavy atom. The Morgan fingerprint density at radius 1 is 1.10 bits per heavy atom. The third-order valence-electron chi connectivity index (χ3n) is 4.60. The number of halogens is 2. The highest BCUT2D eigenvalue weighted by atomic mass is 35.5. The van der Waals surface area contributed by atoms with Gasteiger partial charge in [-0.1, -0.05) is 37.0 Å². The number of benzene rings is 1. The quantitative estimate of drug-likeness (QED) is 0.729. The zero-order valence-electron chi connectivity index (χ0n) is 16.9. The van der Waals surface area contributed by atoms with Crippen molar-refractivity contribution in [3.05, 3.63) is 33.8 Å². The molecule has 1 fully saturated rings. The summed E-state index contributed by atoms with van der Waals surface area (Å²) in [6.45, 7) is 7.62. The van der Waals surface area contributed by atoms with Gasteiger partial charge in [0, 0.05) is 31.2 Å². The molecule has 0 saturated carbocycles. The molecule has 0 aliphatic carbocycles. The van der Waals surface area contributed by atoms with Gasteiger partial charge in [-0.25, -0.2) is 4.79 Å². The molecule has 1 aromatic rings. The monoisotopic (exact) mass is 443 g/mol. The molecule has 0 aromatic heterocycles. The van der Waals surface area contributed by atoms with Crippen LogP contribution in [0, 0.1) is 5.92 Å². The van der Waals surface area contributed by atoms with Crippen LogP contribution in [0.1, 0.15) is 37.6 Å². The van der Waals surface area contributed by atoms with Crippen molar-refractivity contribution in [2.45, 2.75) is 33.2 Å². The zero-order valence-corrected chi connectivity index (χ0v) is 18.4. The lowest BCUT2D eigenvalue weighted by Crippen LogP contribution is -2.56. The number of piperazine rings is 1. The van der Waals surface area contributed by atoms with Crippen LogP contribution < -0.4 is 5.32 Å². The van der Waals surface area contributed by atoms with E-state index in [9.17, 15) is 14.4 Å². The van der Waals surface area contributed by atoms with Crippen LogP contribution in [0.5, 0.6) is 0 Å². The Morgan fingerprint density at radius 3 is 2.28 bits per heavy atom. The van der Waals surface area contributed by atoms with Gasteiger partial charge >= 0.3 is 6.09 Å². The smallest absolute Gasteiger partial charge is 0.409 e. The molecule has 1 N–H and O–H groups in total. The lowest BCUT2D eigenvalue weighted by molar-refractivity contribution is -0.135. The van der Waals surface area contributed by atoms with Gasteiger partial charge in [-0.15, -0.1) is 0 Å². The van der Waals surface area contributed by atoms with Gasteiger partial charge in [-0.2, -0.15) is 0 Å². The fraction of sp³-hybridized carbons (Fsp3) is 0.550.